The third-order valence-corrected chi connectivity index (χ3v) is 3.26. The molecule has 1 amide bonds. The Balaban J connectivity index is 2.19. The lowest BCUT2D eigenvalue weighted by Crippen LogP contribution is -2.13. The molecule has 0 bridgehead atoms. The topological polar surface area (TPSA) is 84.9 Å². The molecule has 6 heteroatoms. The summed E-state index contributed by atoms with van der Waals surface area (Å²) >= 11 is 0. The zero-order chi connectivity index (χ0) is 17.5. The van der Waals surface area contributed by atoms with E-state index in [9.17, 15) is 14.7 Å². The van der Waals surface area contributed by atoms with Gasteiger partial charge in [0.2, 0.25) is 0 Å². The molecule has 2 aromatic carbocycles. The van der Waals surface area contributed by atoms with E-state index >= 15 is 0 Å². The van der Waals surface area contributed by atoms with Crippen LogP contribution in [0.4, 0.5) is 5.69 Å². The van der Waals surface area contributed by atoms with Crippen molar-refractivity contribution >= 4 is 17.6 Å². The Bertz CT molecular complexity index is 742. The van der Waals surface area contributed by atoms with Gasteiger partial charge in [0, 0.05) is 5.56 Å². The number of ether oxygens (including phenoxy) is 2. The number of anilines is 1. The van der Waals surface area contributed by atoms with Gasteiger partial charge >= 0.3 is 5.97 Å². The van der Waals surface area contributed by atoms with Crippen LogP contribution in [0.25, 0.3) is 0 Å². The molecule has 2 rings (SSSR count). The van der Waals surface area contributed by atoms with Gasteiger partial charge in [0.15, 0.2) is 5.75 Å². The van der Waals surface area contributed by atoms with Crippen molar-refractivity contribution in [3.05, 3.63) is 53.6 Å². The second kappa shape index (κ2) is 8.01. The number of esters is 1. The second-order valence-corrected chi connectivity index (χ2v) is 5.02. The fourth-order valence-electron chi connectivity index (χ4n) is 2.06. The average molecular weight is 329 g/mol. The molecule has 0 saturated heterocycles. The maximum atomic E-state index is 12.3. The van der Waals surface area contributed by atoms with Crippen LogP contribution in [-0.4, -0.2) is 30.7 Å². The molecule has 0 aliphatic rings. The van der Waals surface area contributed by atoms with Gasteiger partial charge in [-0.1, -0.05) is 19.1 Å². The zero-order valence-electron chi connectivity index (χ0n) is 13.5. The van der Waals surface area contributed by atoms with Gasteiger partial charge in [-0.3, -0.25) is 4.79 Å². The molecule has 0 aromatic heterocycles. The van der Waals surface area contributed by atoms with E-state index in [2.05, 4.69) is 10.1 Å². The molecular formula is C18H19NO5. The summed E-state index contributed by atoms with van der Waals surface area (Å²) in [5.41, 5.74) is 0.490. The van der Waals surface area contributed by atoms with Gasteiger partial charge in [-0.15, -0.1) is 0 Å². The van der Waals surface area contributed by atoms with Crippen LogP contribution < -0.4 is 10.1 Å². The van der Waals surface area contributed by atoms with Gasteiger partial charge in [0.1, 0.15) is 11.3 Å². The van der Waals surface area contributed by atoms with E-state index in [1.165, 1.54) is 19.2 Å². The summed E-state index contributed by atoms with van der Waals surface area (Å²) in [6, 6.07) is 11.2. The molecule has 0 spiro atoms. The number of hydrogen-bond donors (Lipinski definition) is 2. The Morgan fingerprint density at radius 3 is 2.62 bits per heavy atom. The lowest BCUT2D eigenvalue weighted by molar-refractivity contribution is 0.0597. The largest absolute Gasteiger partial charge is 0.505 e. The van der Waals surface area contributed by atoms with Crippen LogP contribution in [0, 0.1) is 0 Å². The predicted octanol–water partition coefficient (Wildman–Crippen LogP) is 3.22. The molecule has 0 aliphatic heterocycles. The Morgan fingerprint density at radius 1 is 1.17 bits per heavy atom. The maximum Gasteiger partial charge on any atom is 0.341 e. The van der Waals surface area contributed by atoms with E-state index in [1.807, 2.05) is 6.92 Å². The lowest BCUT2D eigenvalue weighted by atomic mass is 10.1. The molecule has 0 radical (unpaired) electrons. The fraction of sp³-hybridized carbons (Fsp3) is 0.222. The Hall–Kier alpha value is -3.02. The minimum Gasteiger partial charge on any atom is -0.505 e. The van der Waals surface area contributed by atoms with Crippen LogP contribution in [0.15, 0.2) is 42.5 Å². The molecular weight excluding hydrogens is 310 g/mol. The molecule has 2 aromatic rings. The maximum absolute atomic E-state index is 12.3. The van der Waals surface area contributed by atoms with Crippen molar-refractivity contribution in [3.63, 3.8) is 0 Å². The average Bonchev–Trinajstić information content (AvgIpc) is 2.61. The SMILES string of the molecule is CCCOc1cccc(C(=O)Nc2cccc(C(=O)OC)c2O)c1. The van der Waals surface area contributed by atoms with E-state index in [4.69, 9.17) is 4.74 Å². The summed E-state index contributed by atoms with van der Waals surface area (Å²) in [4.78, 5) is 23.9. The number of nitrogens with one attached hydrogen (secondary N) is 1. The van der Waals surface area contributed by atoms with E-state index in [1.54, 1.807) is 30.3 Å². The number of phenols is 1. The molecule has 0 saturated carbocycles. The van der Waals surface area contributed by atoms with Crippen LogP contribution >= 0.6 is 0 Å². The third kappa shape index (κ3) is 4.04. The van der Waals surface area contributed by atoms with Gasteiger partial charge in [-0.25, -0.2) is 4.79 Å². The summed E-state index contributed by atoms with van der Waals surface area (Å²) in [6.45, 7) is 2.56. The van der Waals surface area contributed by atoms with Crippen molar-refractivity contribution < 1.29 is 24.2 Å². The van der Waals surface area contributed by atoms with E-state index in [0.717, 1.165) is 6.42 Å². The number of phenolic OH excluding ortho intramolecular Hbond substituents is 1. The number of hydrogen-bond acceptors (Lipinski definition) is 5. The molecule has 24 heavy (non-hydrogen) atoms. The number of benzene rings is 2. The van der Waals surface area contributed by atoms with Crippen molar-refractivity contribution in [2.24, 2.45) is 0 Å². The number of amides is 1. The first kappa shape index (κ1) is 17.3. The molecule has 126 valence electrons. The van der Waals surface area contributed by atoms with Crippen LogP contribution in [0.5, 0.6) is 11.5 Å². The first-order valence-electron chi connectivity index (χ1n) is 7.51. The highest BCUT2D eigenvalue weighted by molar-refractivity contribution is 6.06. The number of para-hydroxylation sites is 1. The summed E-state index contributed by atoms with van der Waals surface area (Å²) in [7, 11) is 1.22. The lowest BCUT2D eigenvalue weighted by Gasteiger charge is -2.11. The second-order valence-electron chi connectivity index (χ2n) is 5.02. The summed E-state index contributed by atoms with van der Waals surface area (Å²) in [5.74, 6) is -0.846. The number of carbonyl (C=O) groups is 2. The smallest absolute Gasteiger partial charge is 0.341 e. The van der Waals surface area contributed by atoms with Gasteiger partial charge in [0.05, 0.1) is 19.4 Å². The van der Waals surface area contributed by atoms with Crippen molar-refractivity contribution in [2.45, 2.75) is 13.3 Å². The minimum absolute atomic E-state index is 0.0182. The highest BCUT2D eigenvalue weighted by Gasteiger charge is 2.16. The first-order chi connectivity index (χ1) is 11.6. The molecule has 0 heterocycles. The standard InChI is InChI=1S/C18H19NO5/c1-3-10-24-13-7-4-6-12(11-13)17(21)19-15-9-5-8-14(16(15)20)18(22)23-2/h4-9,11,20H,3,10H2,1-2H3,(H,19,21). The van der Waals surface area contributed by atoms with Crippen molar-refractivity contribution in [2.75, 3.05) is 19.0 Å². The molecule has 0 unspecified atom stereocenters. The van der Waals surface area contributed by atoms with E-state index in [0.29, 0.717) is 17.9 Å². The van der Waals surface area contributed by atoms with Crippen LogP contribution in [0.2, 0.25) is 0 Å². The van der Waals surface area contributed by atoms with Gasteiger partial charge < -0.3 is 19.9 Å². The Labute approximate surface area is 140 Å². The molecule has 2 N–H and O–H groups in total. The van der Waals surface area contributed by atoms with E-state index < -0.39 is 11.9 Å². The quantitative estimate of drug-likeness (QED) is 0.628. The highest BCUT2D eigenvalue weighted by Crippen LogP contribution is 2.28. The molecule has 6 nitrogen and oxygen atoms in total. The van der Waals surface area contributed by atoms with Gasteiger partial charge in [-0.05, 0) is 36.8 Å². The highest BCUT2D eigenvalue weighted by atomic mass is 16.5. The molecule has 0 fully saturated rings. The van der Waals surface area contributed by atoms with Crippen LogP contribution in [0.3, 0.4) is 0 Å². The van der Waals surface area contributed by atoms with Gasteiger partial charge in [-0.2, -0.15) is 0 Å². The number of carbonyl (C=O) groups excluding carboxylic acids is 2. The Kier molecular flexibility index (Phi) is 5.78. The first-order valence-corrected chi connectivity index (χ1v) is 7.51. The summed E-state index contributed by atoms with van der Waals surface area (Å²) < 4.78 is 10.1. The summed E-state index contributed by atoms with van der Waals surface area (Å²) in [6.07, 6.45) is 0.866. The third-order valence-electron chi connectivity index (χ3n) is 3.26. The van der Waals surface area contributed by atoms with Crippen molar-refractivity contribution in [1.82, 2.24) is 0 Å². The Morgan fingerprint density at radius 2 is 1.92 bits per heavy atom. The van der Waals surface area contributed by atoms with Crippen LogP contribution in [0.1, 0.15) is 34.1 Å². The van der Waals surface area contributed by atoms with Crippen molar-refractivity contribution in [3.8, 4) is 11.5 Å². The summed E-state index contributed by atoms with van der Waals surface area (Å²) in [5, 5.41) is 12.7. The number of aromatic hydroxyl groups is 1. The van der Waals surface area contributed by atoms with Crippen LogP contribution in [-0.2, 0) is 4.74 Å². The number of methoxy groups -OCH3 is 1. The molecule has 0 aliphatic carbocycles. The monoisotopic (exact) mass is 329 g/mol. The number of rotatable bonds is 6. The van der Waals surface area contributed by atoms with Gasteiger partial charge in [0.25, 0.3) is 5.91 Å². The van der Waals surface area contributed by atoms with E-state index in [-0.39, 0.29) is 17.0 Å². The minimum atomic E-state index is -0.682. The molecule has 0 atom stereocenters. The van der Waals surface area contributed by atoms with Crippen molar-refractivity contribution in [1.29, 1.82) is 0 Å². The fourth-order valence-corrected chi connectivity index (χ4v) is 2.06. The zero-order valence-corrected chi connectivity index (χ0v) is 13.5. The predicted molar refractivity (Wildman–Crippen MR) is 89.6 cm³/mol. The normalized spacial score (nSPS) is 10.1.